The van der Waals surface area contributed by atoms with E-state index < -0.39 is 0 Å². The highest BCUT2D eigenvalue weighted by Gasteiger charge is 2.23. The van der Waals surface area contributed by atoms with E-state index in [1.54, 1.807) is 0 Å². The molecule has 0 aromatic carbocycles. The Morgan fingerprint density at radius 3 is 2.56 bits per heavy atom. The molecule has 1 aromatic heterocycles. The van der Waals surface area contributed by atoms with E-state index in [1.807, 2.05) is 6.07 Å². The first-order valence-corrected chi connectivity index (χ1v) is 7.93. The number of ether oxygens (including phenoxy) is 1. The molecule has 2 rings (SSSR count). The van der Waals surface area contributed by atoms with Gasteiger partial charge in [-0.2, -0.15) is 0 Å². The van der Waals surface area contributed by atoms with Gasteiger partial charge in [-0.15, -0.1) is 11.3 Å². The van der Waals surface area contributed by atoms with E-state index in [4.69, 9.17) is 27.9 Å². The van der Waals surface area contributed by atoms with Gasteiger partial charge in [0.15, 0.2) is 0 Å². The van der Waals surface area contributed by atoms with Crippen molar-refractivity contribution in [2.24, 2.45) is 5.92 Å². The summed E-state index contributed by atoms with van der Waals surface area (Å²) < 4.78 is 6.94. The van der Waals surface area contributed by atoms with Crippen LogP contribution in [-0.4, -0.2) is 19.3 Å². The number of halogens is 2. The molecule has 0 amide bonds. The van der Waals surface area contributed by atoms with Gasteiger partial charge in [-0.05, 0) is 44.2 Å². The van der Waals surface area contributed by atoms with Crippen molar-refractivity contribution in [1.82, 2.24) is 5.32 Å². The highest BCUT2D eigenvalue weighted by atomic mass is 35.5. The predicted molar refractivity (Wildman–Crippen MR) is 78.9 cm³/mol. The molecule has 0 radical (unpaired) electrons. The van der Waals surface area contributed by atoms with Crippen LogP contribution >= 0.6 is 34.5 Å². The van der Waals surface area contributed by atoms with Crippen molar-refractivity contribution in [3.63, 3.8) is 0 Å². The molecule has 18 heavy (non-hydrogen) atoms. The minimum Gasteiger partial charge on any atom is -0.381 e. The Hall–Kier alpha value is 0.200. The van der Waals surface area contributed by atoms with Crippen LogP contribution in [-0.2, 0) is 4.74 Å². The zero-order valence-corrected chi connectivity index (χ0v) is 13.0. The second-order valence-corrected chi connectivity index (χ2v) is 7.19. The molecule has 1 aliphatic rings. The van der Waals surface area contributed by atoms with Crippen molar-refractivity contribution in [3.8, 4) is 0 Å². The lowest BCUT2D eigenvalue weighted by Gasteiger charge is -2.30. The number of hydrogen-bond donors (Lipinski definition) is 1. The van der Waals surface area contributed by atoms with Gasteiger partial charge in [0.2, 0.25) is 0 Å². The lowest BCUT2D eigenvalue weighted by atomic mass is 9.92. The zero-order valence-electron chi connectivity index (χ0n) is 10.7. The third kappa shape index (κ3) is 3.61. The Morgan fingerprint density at radius 1 is 1.33 bits per heavy atom. The summed E-state index contributed by atoms with van der Waals surface area (Å²) in [4.78, 5) is 0. The largest absolute Gasteiger partial charge is 0.381 e. The normalized spacial score (nSPS) is 20.9. The number of hydrogen-bond acceptors (Lipinski definition) is 3. The topological polar surface area (TPSA) is 21.3 Å². The maximum Gasteiger partial charge on any atom is 0.0991 e. The fourth-order valence-electron chi connectivity index (χ4n) is 2.48. The van der Waals surface area contributed by atoms with Crippen molar-refractivity contribution in [1.29, 1.82) is 0 Å². The molecular formula is C13H19Cl2NOS. The van der Waals surface area contributed by atoms with Crippen LogP contribution in [0.15, 0.2) is 6.07 Å². The Kier molecular flexibility index (Phi) is 5.34. The molecule has 1 aromatic rings. The summed E-state index contributed by atoms with van der Waals surface area (Å²) in [5.74, 6) is 0.689. The van der Waals surface area contributed by atoms with Gasteiger partial charge in [-0.3, -0.25) is 0 Å². The van der Waals surface area contributed by atoms with Gasteiger partial charge in [0.05, 0.1) is 8.67 Å². The summed E-state index contributed by atoms with van der Waals surface area (Å²) in [6.07, 6.45) is 2.28. The van der Waals surface area contributed by atoms with E-state index in [9.17, 15) is 0 Å². The van der Waals surface area contributed by atoms with Crippen molar-refractivity contribution < 1.29 is 4.74 Å². The molecule has 2 unspecified atom stereocenters. The smallest absolute Gasteiger partial charge is 0.0991 e. The van der Waals surface area contributed by atoms with Crippen LogP contribution in [0.25, 0.3) is 0 Å². The second kappa shape index (κ2) is 6.58. The Bertz CT molecular complexity index is 390. The lowest BCUT2D eigenvalue weighted by molar-refractivity contribution is 0.0547. The molecule has 0 spiro atoms. The molecule has 0 aliphatic carbocycles. The monoisotopic (exact) mass is 307 g/mol. The number of rotatable bonds is 4. The van der Waals surface area contributed by atoms with Crippen molar-refractivity contribution in [2.75, 3.05) is 13.2 Å². The van der Waals surface area contributed by atoms with E-state index in [2.05, 4.69) is 19.2 Å². The summed E-state index contributed by atoms with van der Waals surface area (Å²) in [5.41, 5.74) is 1.10. The first-order chi connectivity index (χ1) is 8.58. The van der Waals surface area contributed by atoms with Crippen LogP contribution in [0.4, 0.5) is 0 Å². The summed E-state index contributed by atoms with van der Waals surface area (Å²) in [6, 6.07) is 2.67. The van der Waals surface area contributed by atoms with Crippen LogP contribution in [0.1, 0.15) is 38.3 Å². The molecule has 1 fully saturated rings. The van der Waals surface area contributed by atoms with E-state index in [1.165, 1.54) is 11.3 Å². The summed E-state index contributed by atoms with van der Waals surface area (Å²) >= 11 is 13.6. The minimum absolute atomic E-state index is 0.235. The van der Waals surface area contributed by atoms with Crippen LogP contribution in [0.3, 0.4) is 0 Å². The maximum absolute atomic E-state index is 6.18. The molecule has 1 saturated heterocycles. The number of thiophene rings is 1. The van der Waals surface area contributed by atoms with Crippen LogP contribution in [0.5, 0.6) is 0 Å². The Balaban J connectivity index is 1.93. The molecule has 2 atom stereocenters. The van der Waals surface area contributed by atoms with Gasteiger partial charge in [0.25, 0.3) is 0 Å². The molecule has 1 aliphatic heterocycles. The van der Waals surface area contributed by atoms with E-state index in [0.29, 0.717) is 12.0 Å². The molecule has 2 heterocycles. The first-order valence-electron chi connectivity index (χ1n) is 6.36. The third-order valence-corrected chi connectivity index (χ3v) is 5.15. The van der Waals surface area contributed by atoms with E-state index >= 15 is 0 Å². The van der Waals surface area contributed by atoms with E-state index in [0.717, 1.165) is 40.3 Å². The fraction of sp³-hybridized carbons (Fsp3) is 0.692. The van der Waals surface area contributed by atoms with Crippen molar-refractivity contribution in [3.05, 3.63) is 20.3 Å². The average Bonchev–Trinajstić information content (AvgIpc) is 2.69. The van der Waals surface area contributed by atoms with Gasteiger partial charge >= 0.3 is 0 Å². The highest BCUT2D eigenvalue weighted by Crippen LogP contribution is 2.35. The van der Waals surface area contributed by atoms with Gasteiger partial charge in [0, 0.05) is 25.3 Å². The highest BCUT2D eigenvalue weighted by molar-refractivity contribution is 7.20. The van der Waals surface area contributed by atoms with Gasteiger partial charge < -0.3 is 10.1 Å². The van der Waals surface area contributed by atoms with Gasteiger partial charge in [-0.1, -0.05) is 23.2 Å². The van der Waals surface area contributed by atoms with Gasteiger partial charge in [-0.25, -0.2) is 0 Å². The Morgan fingerprint density at radius 2 is 2.00 bits per heavy atom. The SMILES string of the molecule is CC(NC(C)C1CCOCC1)c1cc(Cl)sc1Cl. The molecule has 2 nitrogen and oxygen atoms in total. The van der Waals surface area contributed by atoms with Crippen molar-refractivity contribution >= 4 is 34.5 Å². The zero-order chi connectivity index (χ0) is 13.1. The van der Waals surface area contributed by atoms with Crippen LogP contribution in [0.2, 0.25) is 8.67 Å². The predicted octanol–water partition coefficient (Wildman–Crippen LogP) is 4.52. The summed E-state index contributed by atoms with van der Waals surface area (Å²) in [6.45, 7) is 6.15. The molecule has 5 heteroatoms. The van der Waals surface area contributed by atoms with Gasteiger partial charge in [0.1, 0.15) is 0 Å². The number of nitrogens with one attached hydrogen (secondary N) is 1. The molecular weight excluding hydrogens is 289 g/mol. The standard InChI is InChI=1S/C13H19Cl2NOS/c1-8(10-3-5-17-6-4-10)16-9(2)11-7-12(14)18-13(11)15/h7-10,16H,3-6H2,1-2H3. The second-order valence-electron chi connectivity index (χ2n) is 4.91. The van der Waals surface area contributed by atoms with Crippen LogP contribution < -0.4 is 5.32 Å². The summed E-state index contributed by atoms with van der Waals surface area (Å²) in [5, 5.41) is 3.63. The molecule has 0 bridgehead atoms. The summed E-state index contributed by atoms with van der Waals surface area (Å²) in [7, 11) is 0. The maximum atomic E-state index is 6.18. The lowest BCUT2D eigenvalue weighted by Crippen LogP contribution is -2.38. The molecule has 0 saturated carbocycles. The van der Waals surface area contributed by atoms with E-state index in [-0.39, 0.29) is 6.04 Å². The molecule has 102 valence electrons. The quantitative estimate of drug-likeness (QED) is 0.883. The van der Waals surface area contributed by atoms with Crippen LogP contribution in [0, 0.1) is 5.92 Å². The van der Waals surface area contributed by atoms with Crippen molar-refractivity contribution in [2.45, 2.75) is 38.8 Å². The first kappa shape index (κ1) is 14.6. The Labute approximate surface area is 123 Å². The molecule has 1 N–H and O–H groups in total. The average molecular weight is 308 g/mol. The fourth-order valence-corrected chi connectivity index (χ4v) is 4.13. The minimum atomic E-state index is 0.235. The third-order valence-electron chi connectivity index (χ3n) is 3.64.